The number of guanidine groups is 1. The van der Waals surface area contributed by atoms with E-state index in [0.717, 1.165) is 12.8 Å². The third kappa shape index (κ3) is 7.39. The monoisotopic (exact) mass is 495 g/mol. The first-order valence-corrected chi connectivity index (χ1v) is 8.40. The predicted molar refractivity (Wildman–Crippen MR) is 111 cm³/mol. The summed E-state index contributed by atoms with van der Waals surface area (Å²) in [6.45, 7) is 2.01. The number of rotatable bonds is 6. The predicted octanol–water partition coefficient (Wildman–Crippen LogP) is 3.74. The van der Waals surface area contributed by atoms with Crippen molar-refractivity contribution in [3.8, 4) is 0 Å². The lowest BCUT2D eigenvalue weighted by molar-refractivity contribution is -0.142. The van der Waals surface area contributed by atoms with Gasteiger partial charge in [0.25, 0.3) is 0 Å². The first kappa shape index (κ1) is 23.3. The Morgan fingerprint density at radius 2 is 1.93 bits per heavy atom. The summed E-state index contributed by atoms with van der Waals surface area (Å²) in [5.74, 6) is 0.461. The van der Waals surface area contributed by atoms with Crippen LogP contribution in [0.2, 0.25) is 0 Å². The minimum absolute atomic E-state index is 0. The molecule has 5 nitrogen and oxygen atoms in total. The van der Waals surface area contributed by atoms with E-state index in [0.29, 0.717) is 5.96 Å². The Hall–Kier alpha value is -1.78. The zero-order valence-electron chi connectivity index (χ0n) is 15.5. The highest BCUT2D eigenvalue weighted by atomic mass is 127. The summed E-state index contributed by atoms with van der Waals surface area (Å²) in [7, 11) is 3.06. The first-order chi connectivity index (χ1) is 12.3. The summed E-state index contributed by atoms with van der Waals surface area (Å²) in [5, 5.41) is 9.63. The fraction of sp³-hybridized carbons (Fsp3) is 0.444. The Morgan fingerprint density at radius 3 is 2.52 bits per heavy atom. The van der Waals surface area contributed by atoms with Gasteiger partial charge in [-0.25, -0.2) is 0 Å². The molecule has 1 aromatic carbocycles. The number of nitrogens with zero attached hydrogens (tertiary/aromatic N) is 3. The summed E-state index contributed by atoms with van der Waals surface area (Å²) >= 11 is 0. The van der Waals surface area contributed by atoms with Gasteiger partial charge in [0, 0.05) is 38.4 Å². The summed E-state index contributed by atoms with van der Waals surface area (Å²) in [6, 6.07) is 10.2. The van der Waals surface area contributed by atoms with Gasteiger partial charge in [-0.2, -0.15) is 18.3 Å². The van der Waals surface area contributed by atoms with E-state index in [1.165, 1.54) is 23.5 Å². The van der Waals surface area contributed by atoms with E-state index in [-0.39, 0.29) is 42.1 Å². The lowest BCUT2D eigenvalue weighted by atomic mass is 10.1. The van der Waals surface area contributed by atoms with Crippen molar-refractivity contribution >= 4 is 29.9 Å². The number of hydrogen-bond acceptors (Lipinski definition) is 2. The number of aryl methyl sites for hydroxylation is 2. The minimum Gasteiger partial charge on any atom is -0.354 e. The molecule has 0 aliphatic carbocycles. The normalized spacial score (nSPS) is 13.0. The molecule has 0 amide bonds. The van der Waals surface area contributed by atoms with Crippen LogP contribution in [-0.2, 0) is 26.2 Å². The molecule has 150 valence electrons. The van der Waals surface area contributed by atoms with Crippen LogP contribution in [0, 0.1) is 0 Å². The summed E-state index contributed by atoms with van der Waals surface area (Å²) < 4.78 is 40.1. The number of aliphatic imine (C=N–C) groups is 1. The number of aromatic nitrogens is 2. The molecule has 1 aromatic heterocycles. The number of halogens is 4. The second-order valence-electron chi connectivity index (χ2n) is 6.17. The largest absolute Gasteiger partial charge is 0.435 e. The van der Waals surface area contributed by atoms with Crippen LogP contribution < -0.4 is 10.6 Å². The molecule has 0 radical (unpaired) electrons. The van der Waals surface area contributed by atoms with Gasteiger partial charge in [0.2, 0.25) is 0 Å². The van der Waals surface area contributed by atoms with Crippen LogP contribution in [0.5, 0.6) is 0 Å². The van der Waals surface area contributed by atoms with Crippen molar-refractivity contribution in [3.05, 3.63) is 53.3 Å². The van der Waals surface area contributed by atoms with Gasteiger partial charge in [-0.3, -0.25) is 9.67 Å². The molecule has 2 rings (SSSR count). The van der Waals surface area contributed by atoms with E-state index in [4.69, 9.17) is 0 Å². The van der Waals surface area contributed by atoms with Crippen molar-refractivity contribution in [2.75, 3.05) is 7.05 Å². The second kappa shape index (κ2) is 10.5. The number of nitrogens with one attached hydrogen (secondary N) is 2. The van der Waals surface area contributed by atoms with Gasteiger partial charge < -0.3 is 10.6 Å². The van der Waals surface area contributed by atoms with Crippen LogP contribution in [0.3, 0.4) is 0 Å². The van der Waals surface area contributed by atoms with E-state index in [1.54, 1.807) is 7.05 Å². The van der Waals surface area contributed by atoms with Gasteiger partial charge in [0.1, 0.15) is 0 Å². The quantitative estimate of drug-likeness (QED) is 0.365. The molecular formula is C18H25F3IN5. The molecule has 1 heterocycles. The lowest BCUT2D eigenvalue weighted by Crippen LogP contribution is -2.42. The standard InChI is InChI=1S/C18H24F3N5.HI/c1-13(9-10-14-7-5-4-6-8-14)24-17(22-2)23-11-15-12-26(3)25-16(15)18(19,20)21;/h4-8,12-13H,9-11H2,1-3H3,(H2,22,23,24);1H. The summed E-state index contributed by atoms with van der Waals surface area (Å²) in [5.41, 5.74) is 0.453. The van der Waals surface area contributed by atoms with Crippen molar-refractivity contribution in [1.82, 2.24) is 20.4 Å². The first-order valence-electron chi connectivity index (χ1n) is 8.40. The van der Waals surface area contributed by atoms with Crippen LogP contribution in [0.25, 0.3) is 0 Å². The third-order valence-electron chi connectivity index (χ3n) is 3.93. The molecular weight excluding hydrogens is 470 g/mol. The average Bonchev–Trinajstić information content (AvgIpc) is 2.99. The fourth-order valence-corrected chi connectivity index (χ4v) is 2.61. The van der Waals surface area contributed by atoms with Gasteiger partial charge in [-0.1, -0.05) is 30.3 Å². The topological polar surface area (TPSA) is 54.2 Å². The van der Waals surface area contributed by atoms with Crippen LogP contribution in [0.4, 0.5) is 13.2 Å². The Kier molecular flexibility index (Phi) is 9.07. The van der Waals surface area contributed by atoms with Crippen molar-refractivity contribution in [1.29, 1.82) is 0 Å². The smallest absolute Gasteiger partial charge is 0.354 e. The number of hydrogen-bond donors (Lipinski definition) is 2. The van der Waals surface area contributed by atoms with Gasteiger partial charge >= 0.3 is 6.18 Å². The molecule has 0 bridgehead atoms. The molecule has 0 saturated carbocycles. The average molecular weight is 495 g/mol. The van der Waals surface area contributed by atoms with Crippen molar-refractivity contribution in [2.45, 2.75) is 38.5 Å². The maximum Gasteiger partial charge on any atom is 0.435 e. The lowest BCUT2D eigenvalue weighted by Gasteiger charge is -2.18. The maximum atomic E-state index is 13.0. The van der Waals surface area contributed by atoms with Crippen molar-refractivity contribution in [3.63, 3.8) is 0 Å². The van der Waals surface area contributed by atoms with E-state index >= 15 is 0 Å². The van der Waals surface area contributed by atoms with Crippen LogP contribution >= 0.6 is 24.0 Å². The fourth-order valence-electron chi connectivity index (χ4n) is 2.61. The molecule has 2 N–H and O–H groups in total. The third-order valence-corrected chi connectivity index (χ3v) is 3.93. The SMILES string of the molecule is CN=C(NCc1cn(C)nc1C(F)(F)F)NC(C)CCc1ccccc1.I. The molecule has 1 unspecified atom stereocenters. The Balaban J connectivity index is 0.00000364. The van der Waals surface area contributed by atoms with Crippen molar-refractivity contribution in [2.24, 2.45) is 12.0 Å². The highest BCUT2D eigenvalue weighted by molar-refractivity contribution is 14.0. The van der Waals surface area contributed by atoms with E-state index < -0.39 is 11.9 Å². The maximum absolute atomic E-state index is 13.0. The van der Waals surface area contributed by atoms with E-state index in [1.807, 2.05) is 25.1 Å². The van der Waals surface area contributed by atoms with Gasteiger partial charge in [0.15, 0.2) is 11.7 Å². The Morgan fingerprint density at radius 1 is 1.26 bits per heavy atom. The van der Waals surface area contributed by atoms with E-state index in [9.17, 15) is 13.2 Å². The molecule has 0 aliphatic rings. The summed E-state index contributed by atoms with van der Waals surface area (Å²) in [6.07, 6.45) is -1.32. The van der Waals surface area contributed by atoms with Crippen LogP contribution in [0.15, 0.2) is 41.5 Å². The molecule has 1 atom stereocenters. The zero-order valence-corrected chi connectivity index (χ0v) is 17.9. The molecule has 9 heteroatoms. The van der Waals surface area contributed by atoms with Gasteiger partial charge in [-0.15, -0.1) is 24.0 Å². The van der Waals surface area contributed by atoms with E-state index in [2.05, 4.69) is 32.9 Å². The van der Waals surface area contributed by atoms with Crippen molar-refractivity contribution < 1.29 is 13.2 Å². The van der Waals surface area contributed by atoms with Crippen LogP contribution in [-0.4, -0.2) is 28.8 Å². The molecule has 0 spiro atoms. The minimum atomic E-state index is -4.47. The zero-order chi connectivity index (χ0) is 19.2. The van der Waals surface area contributed by atoms with Gasteiger partial charge in [-0.05, 0) is 25.3 Å². The second-order valence-corrected chi connectivity index (χ2v) is 6.17. The Bertz CT molecular complexity index is 728. The highest BCUT2D eigenvalue weighted by Crippen LogP contribution is 2.30. The molecule has 0 fully saturated rings. The molecule has 0 saturated heterocycles. The molecule has 0 aliphatic heterocycles. The molecule has 2 aromatic rings. The van der Waals surface area contributed by atoms with Crippen LogP contribution in [0.1, 0.15) is 30.2 Å². The van der Waals surface area contributed by atoms with Gasteiger partial charge in [0.05, 0.1) is 0 Å². The number of benzene rings is 1. The Labute approximate surface area is 174 Å². The molecule has 27 heavy (non-hydrogen) atoms. The number of alkyl halides is 3. The highest BCUT2D eigenvalue weighted by Gasteiger charge is 2.36. The summed E-state index contributed by atoms with van der Waals surface area (Å²) in [4.78, 5) is 4.08.